The summed E-state index contributed by atoms with van der Waals surface area (Å²) in [7, 11) is 0. The zero-order valence-electron chi connectivity index (χ0n) is 16.5. The van der Waals surface area contributed by atoms with Crippen LogP contribution < -0.4 is 0 Å². The van der Waals surface area contributed by atoms with Crippen molar-refractivity contribution in [2.24, 2.45) is 0 Å². The van der Waals surface area contributed by atoms with Gasteiger partial charge in [0.1, 0.15) is 11.6 Å². The summed E-state index contributed by atoms with van der Waals surface area (Å²) in [5.41, 5.74) is 4.02. The molecule has 1 aliphatic rings. The van der Waals surface area contributed by atoms with E-state index in [2.05, 4.69) is 19.1 Å². The summed E-state index contributed by atoms with van der Waals surface area (Å²) in [5, 5.41) is 0. The first-order chi connectivity index (χ1) is 14.3. The van der Waals surface area contributed by atoms with Crippen molar-refractivity contribution in [3.05, 3.63) is 82.4 Å². The number of rotatable bonds is 4. The quantitative estimate of drug-likeness (QED) is 0.381. The average molecular weight is 416 g/mol. The maximum atomic E-state index is 14.9. The predicted octanol–water partition coefficient (Wildman–Crippen LogP) is 7.76. The summed E-state index contributed by atoms with van der Waals surface area (Å²) in [4.78, 5) is 0. The first-order valence-corrected chi connectivity index (χ1v) is 10.1. The summed E-state index contributed by atoms with van der Waals surface area (Å²) >= 11 is 0. The molecule has 0 spiro atoms. The molecule has 3 aromatic carbocycles. The fraction of sp³-hybridized carbons (Fsp3) is 0.280. The largest absolute Gasteiger partial charge is 0.419 e. The van der Waals surface area contributed by atoms with Crippen LogP contribution in [0.25, 0.3) is 22.3 Å². The summed E-state index contributed by atoms with van der Waals surface area (Å²) in [6.45, 7) is 2.15. The molecule has 0 saturated heterocycles. The van der Waals surface area contributed by atoms with Gasteiger partial charge in [-0.05, 0) is 83.3 Å². The van der Waals surface area contributed by atoms with Gasteiger partial charge in [-0.2, -0.15) is 13.2 Å². The zero-order valence-corrected chi connectivity index (χ0v) is 16.5. The Labute approximate surface area is 172 Å². The Balaban J connectivity index is 1.72. The minimum absolute atomic E-state index is 0.0986. The van der Waals surface area contributed by atoms with E-state index in [4.69, 9.17) is 0 Å². The van der Waals surface area contributed by atoms with Gasteiger partial charge in [0.25, 0.3) is 0 Å². The molecule has 0 radical (unpaired) electrons. The smallest absolute Gasteiger partial charge is 0.206 e. The van der Waals surface area contributed by atoms with Gasteiger partial charge in [-0.25, -0.2) is 8.78 Å². The molecule has 0 amide bonds. The molecule has 0 heterocycles. The van der Waals surface area contributed by atoms with Crippen LogP contribution in [-0.2, 0) is 25.4 Å². The Bertz CT molecular complexity index is 1100. The third-order valence-electron chi connectivity index (χ3n) is 5.72. The maximum absolute atomic E-state index is 14.9. The number of fused-ring (bicyclic) bond motifs is 3. The Morgan fingerprint density at radius 3 is 2.17 bits per heavy atom. The van der Waals surface area contributed by atoms with Crippen LogP contribution in [0.3, 0.4) is 0 Å². The van der Waals surface area contributed by atoms with Gasteiger partial charge >= 0.3 is 6.18 Å². The number of unbranched alkanes of at least 4 members (excludes halogenated alkanes) is 1. The lowest BCUT2D eigenvalue weighted by Crippen LogP contribution is -2.08. The van der Waals surface area contributed by atoms with Crippen LogP contribution in [0.15, 0.2) is 48.5 Å². The van der Waals surface area contributed by atoms with Gasteiger partial charge < -0.3 is 0 Å². The van der Waals surface area contributed by atoms with Crippen LogP contribution in [-0.4, -0.2) is 0 Å². The van der Waals surface area contributed by atoms with Gasteiger partial charge in [0.05, 0.1) is 5.56 Å². The van der Waals surface area contributed by atoms with E-state index in [1.807, 2.05) is 6.07 Å². The highest BCUT2D eigenvalue weighted by Gasteiger charge is 2.34. The number of alkyl halides is 3. The molecule has 0 nitrogen and oxygen atoms in total. The number of halogens is 5. The van der Waals surface area contributed by atoms with Crippen molar-refractivity contribution in [1.82, 2.24) is 0 Å². The molecule has 0 saturated carbocycles. The highest BCUT2D eigenvalue weighted by Crippen LogP contribution is 2.39. The third kappa shape index (κ3) is 3.85. The van der Waals surface area contributed by atoms with E-state index in [1.165, 1.54) is 17.2 Å². The molecule has 1 aliphatic carbocycles. The van der Waals surface area contributed by atoms with E-state index in [0.717, 1.165) is 54.5 Å². The van der Waals surface area contributed by atoms with Gasteiger partial charge in [-0.15, -0.1) is 0 Å². The lowest BCUT2D eigenvalue weighted by molar-refractivity contribution is -0.139. The Morgan fingerprint density at radius 1 is 0.767 bits per heavy atom. The van der Waals surface area contributed by atoms with Gasteiger partial charge in [0.2, 0.25) is 0 Å². The predicted molar refractivity (Wildman–Crippen MR) is 108 cm³/mol. The Hall–Kier alpha value is -2.69. The number of benzene rings is 3. The van der Waals surface area contributed by atoms with Crippen LogP contribution in [0.2, 0.25) is 0 Å². The molecule has 0 fully saturated rings. The first kappa shape index (κ1) is 20.6. The number of hydrogen-bond acceptors (Lipinski definition) is 0. The van der Waals surface area contributed by atoms with Crippen molar-refractivity contribution >= 4 is 0 Å². The van der Waals surface area contributed by atoms with Gasteiger partial charge in [-0.1, -0.05) is 37.6 Å². The van der Waals surface area contributed by atoms with Crippen LogP contribution in [0.1, 0.15) is 42.0 Å². The first-order valence-electron chi connectivity index (χ1n) is 10.1. The highest BCUT2D eigenvalue weighted by atomic mass is 19.4. The minimum Gasteiger partial charge on any atom is -0.206 e. The fourth-order valence-electron chi connectivity index (χ4n) is 4.13. The monoisotopic (exact) mass is 416 g/mol. The molecule has 3 aromatic rings. The van der Waals surface area contributed by atoms with E-state index in [1.54, 1.807) is 6.07 Å². The molecule has 0 aliphatic heterocycles. The second kappa shape index (κ2) is 7.86. The van der Waals surface area contributed by atoms with Gasteiger partial charge in [0, 0.05) is 5.56 Å². The standard InChI is InChI=1S/C25H21F5/c1-2-3-4-15-5-9-19-16(11-15)6-7-17-12-21(23(26)14-20(17)19)18-8-10-22(24(27)13-18)25(28,29)30/h5,8-14H,2-4,6-7H2,1H3. The SMILES string of the molecule is CCCCc1ccc2c(c1)CCc1cc(-c3ccc(C(F)(F)F)c(F)c3)c(F)cc1-2. The lowest BCUT2D eigenvalue weighted by Gasteiger charge is -2.22. The maximum Gasteiger partial charge on any atom is 0.419 e. The summed E-state index contributed by atoms with van der Waals surface area (Å²) in [6.07, 6.45) is 0.000326. The van der Waals surface area contributed by atoms with E-state index < -0.39 is 23.4 Å². The van der Waals surface area contributed by atoms with Crippen LogP contribution in [0.4, 0.5) is 22.0 Å². The van der Waals surface area contributed by atoms with Crippen molar-refractivity contribution in [3.8, 4) is 22.3 Å². The summed E-state index contributed by atoms with van der Waals surface area (Å²) in [6, 6.07) is 11.9. The molecule has 0 atom stereocenters. The van der Waals surface area contributed by atoms with E-state index >= 15 is 0 Å². The Kier molecular flexibility index (Phi) is 5.39. The summed E-state index contributed by atoms with van der Waals surface area (Å²) in [5.74, 6) is -1.97. The second-order valence-corrected chi connectivity index (χ2v) is 7.78. The Morgan fingerprint density at radius 2 is 1.50 bits per heavy atom. The third-order valence-corrected chi connectivity index (χ3v) is 5.72. The summed E-state index contributed by atoms with van der Waals surface area (Å²) < 4.78 is 67.3. The van der Waals surface area contributed by atoms with Crippen molar-refractivity contribution in [1.29, 1.82) is 0 Å². The second-order valence-electron chi connectivity index (χ2n) is 7.78. The van der Waals surface area contributed by atoms with Crippen molar-refractivity contribution in [2.45, 2.75) is 45.2 Å². The molecule has 0 unspecified atom stereocenters. The molecule has 156 valence electrons. The molecule has 0 bridgehead atoms. The molecular weight excluding hydrogens is 395 g/mol. The number of hydrogen-bond donors (Lipinski definition) is 0. The van der Waals surface area contributed by atoms with Crippen LogP contribution in [0, 0.1) is 11.6 Å². The molecule has 5 heteroatoms. The minimum atomic E-state index is -4.78. The highest BCUT2D eigenvalue weighted by molar-refractivity contribution is 5.78. The molecule has 0 aromatic heterocycles. The normalized spacial score (nSPS) is 13.1. The van der Waals surface area contributed by atoms with E-state index in [0.29, 0.717) is 12.5 Å². The van der Waals surface area contributed by atoms with Crippen molar-refractivity contribution in [3.63, 3.8) is 0 Å². The van der Waals surface area contributed by atoms with Crippen LogP contribution >= 0.6 is 0 Å². The number of aryl methyl sites for hydroxylation is 3. The van der Waals surface area contributed by atoms with E-state index in [-0.39, 0.29) is 11.1 Å². The van der Waals surface area contributed by atoms with Gasteiger partial charge in [-0.3, -0.25) is 0 Å². The van der Waals surface area contributed by atoms with Crippen molar-refractivity contribution < 1.29 is 22.0 Å². The molecule has 30 heavy (non-hydrogen) atoms. The fourth-order valence-corrected chi connectivity index (χ4v) is 4.13. The molecular formula is C25H21F5. The van der Waals surface area contributed by atoms with Crippen LogP contribution in [0.5, 0.6) is 0 Å². The molecule has 0 N–H and O–H groups in total. The lowest BCUT2D eigenvalue weighted by atomic mass is 9.83. The van der Waals surface area contributed by atoms with Crippen molar-refractivity contribution in [2.75, 3.05) is 0 Å². The zero-order chi connectivity index (χ0) is 21.5. The van der Waals surface area contributed by atoms with Gasteiger partial charge in [0.15, 0.2) is 0 Å². The topological polar surface area (TPSA) is 0 Å². The molecule has 4 rings (SSSR count). The average Bonchev–Trinajstić information content (AvgIpc) is 2.70. The van der Waals surface area contributed by atoms with E-state index in [9.17, 15) is 22.0 Å².